The molecule has 0 spiro atoms. The molecular weight excluding hydrogens is 486 g/mol. The minimum Gasteiger partial charge on any atom is -0.484 e. The zero-order chi connectivity index (χ0) is 24.3. The molecule has 1 atom stereocenters. The van der Waals surface area contributed by atoms with E-state index in [0.717, 1.165) is 6.07 Å². The first-order valence-corrected chi connectivity index (χ1v) is 11.7. The average Bonchev–Trinajstić information content (AvgIpc) is 2.81. The fraction of sp³-hybridized carbons (Fsp3) is 0.417. The van der Waals surface area contributed by atoms with Gasteiger partial charge in [0.1, 0.15) is 17.3 Å². The van der Waals surface area contributed by atoms with Crippen molar-refractivity contribution in [3.63, 3.8) is 0 Å². The topological polar surface area (TPSA) is 96.9 Å². The third-order valence-electron chi connectivity index (χ3n) is 6.56. The van der Waals surface area contributed by atoms with Crippen molar-refractivity contribution < 1.29 is 28.6 Å². The molecule has 3 N–H and O–H groups in total. The maximum atomic E-state index is 13.5. The standard InChI is InChI=1S/C24H25Cl2FN2O5/c25-15-1-3-16(4-2-15)33-13-21(31)28-23-7-9-24(10-8-23,20(30)12-23)29-22(32)14-34-17-5-6-18(26)19(27)11-17/h1-6,11,20,30H,7-10,12-14H2,(H,28,31)(H,29,32)/t20-,23?,24?/m0/s1. The van der Waals surface area contributed by atoms with Gasteiger partial charge < -0.3 is 25.2 Å². The lowest BCUT2D eigenvalue weighted by molar-refractivity contribution is -0.137. The number of carbonyl (C=O) groups excluding carboxylic acids is 2. The molecule has 0 radical (unpaired) electrons. The van der Waals surface area contributed by atoms with Gasteiger partial charge >= 0.3 is 0 Å². The minimum atomic E-state index is -0.829. The van der Waals surface area contributed by atoms with E-state index in [9.17, 15) is 19.1 Å². The highest BCUT2D eigenvalue weighted by Crippen LogP contribution is 2.47. The molecule has 3 fully saturated rings. The van der Waals surface area contributed by atoms with Crippen LogP contribution in [-0.2, 0) is 9.59 Å². The fourth-order valence-electron chi connectivity index (χ4n) is 4.70. The number of amides is 2. The molecule has 7 nitrogen and oxygen atoms in total. The van der Waals surface area contributed by atoms with Crippen LogP contribution in [0.5, 0.6) is 11.5 Å². The largest absolute Gasteiger partial charge is 0.484 e. The number of nitrogens with one attached hydrogen (secondary N) is 2. The number of rotatable bonds is 8. The average molecular weight is 511 g/mol. The van der Waals surface area contributed by atoms with E-state index in [1.807, 2.05) is 0 Å². The van der Waals surface area contributed by atoms with Gasteiger partial charge in [0.2, 0.25) is 0 Å². The van der Waals surface area contributed by atoms with Gasteiger partial charge in [-0.25, -0.2) is 4.39 Å². The van der Waals surface area contributed by atoms with Crippen molar-refractivity contribution in [2.24, 2.45) is 0 Å². The molecule has 34 heavy (non-hydrogen) atoms. The van der Waals surface area contributed by atoms with Gasteiger partial charge in [0.25, 0.3) is 11.8 Å². The minimum absolute atomic E-state index is 0.0321. The molecule has 3 saturated carbocycles. The number of carbonyl (C=O) groups is 2. The van der Waals surface area contributed by atoms with Crippen molar-refractivity contribution in [1.29, 1.82) is 0 Å². The second-order valence-corrected chi connectivity index (χ2v) is 9.70. The van der Waals surface area contributed by atoms with E-state index < -0.39 is 28.9 Å². The quantitative estimate of drug-likeness (QED) is 0.503. The van der Waals surface area contributed by atoms with Gasteiger partial charge in [0, 0.05) is 16.6 Å². The Balaban J connectivity index is 1.27. The number of halogens is 3. The zero-order valence-electron chi connectivity index (χ0n) is 18.3. The first kappa shape index (κ1) is 24.6. The Morgan fingerprint density at radius 1 is 0.941 bits per heavy atom. The molecule has 2 bridgehead atoms. The Morgan fingerprint density at radius 2 is 1.53 bits per heavy atom. The van der Waals surface area contributed by atoms with Gasteiger partial charge in [-0.15, -0.1) is 0 Å². The Labute approximate surface area is 206 Å². The van der Waals surface area contributed by atoms with Gasteiger partial charge in [-0.2, -0.15) is 0 Å². The van der Waals surface area contributed by atoms with Crippen LogP contribution >= 0.6 is 23.2 Å². The summed E-state index contributed by atoms with van der Waals surface area (Å²) in [4.78, 5) is 25.0. The second kappa shape index (κ2) is 9.98. The van der Waals surface area contributed by atoms with Crippen LogP contribution in [0, 0.1) is 5.82 Å². The Hall–Kier alpha value is -2.55. The van der Waals surface area contributed by atoms with E-state index in [1.54, 1.807) is 24.3 Å². The van der Waals surface area contributed by atoms with Crippen molar-refractivity contribution in [2.75, 3.05) is 13.2 Å². The molecule has 3 aliphatic carbocycles. The van der Waals surface area contributed by atoms with Crippen LogP contribution in [0.2, 0.25) is 10.0 Å². The number of hydrogen-bond acceptors (Lipinski definition) is 5. The molecule has 0 aromatic heterocycles. The normalized spacial score (nSPS) is 25.5. The van der Waals surface area contributed by atoms with Crippen molar-refractivity contribution in [3.05, 3.63) is 58.3 Å². The molecular formula is C24H25Cl2FN2O5. The van der Waals surface area contributed by atoms with Crippen LogP contribution in [0.3, 0.4) is 0 Å². The maximum absolute atomic E-state index is 13.5. The summed E-state index contributed by atoms with van der Waals surface area (Å²) >= 11 is 11.5. The summed E-state index contributed by atoms with van der Waals surface area (Å²) < 4.78 is 24.4. The van der Waals surface area contributed by atoms with Crippen LogP contribution in [0.4, 0.5) is 4.39 Å². The molecule has 0 saturated heterocycles. The third-order valence-corrected chi connectivity index (χ3v) is 7.12. The summed E-state index contributed by atoms with van der Waals surface area (Å²) in [5, 5.41) is 17.3. The lowest BCUT2D eigenvalue weighted by Gasteiger charge is -2.56. The van der Waals surface area contributed by atoms with Crippen LogP contribution in [0.1, 0.15) is 32.1 Å². The van der Waals surface area contributed by atoms with E-state index in [2.05, 4.69) is 10.6 Å². The third kappa shape index (κ3) is 5.56. The number of hydrogen-bond donors (Lipinski definition) is 3. The molecule has 5 rings (SSSR count). The highest BCUT2D eigenvalue weighted by molar-refractivity contribution is 6.31. The molecule has 10 heteroatoms. The highest BCUT2D eigenvalue weighted by Gasteiger charge is 2.55. The van der Waals surface area contributed by atoms with Crippen LogP contribution in [0.15, 0.2) is 42.5 Å². The van der Waals surface area contributed by atoms with E-state index in [-0.39, 0.29) is 29.9 Å². The van der Waals surface area contributed by atoms with Crippen molar-refractivity contribution >= 4 is 35.0 Å². The Morgan fingerprint density at radius 3 is 2.15 bits per heavy atom. The predicted molar refractivity (Wildman–Crippen MR) is 125 cm³/mol. The second-order valence-electron chi connectivity index (χ2n) is 8.86. The Bertz CT molecular complexity index is 1060. The summed E-state index contributed by atoms with van der Waals surface area (Å²) in [5.74, 6) is -0.599. The fourth-order valence-corrected chi connectivity index (χ4v) is 4.95. The summed E-state index contributed by atoms with van der Waals surface area (Å²) in [5.41, 5.74) is -1.32. The van der Waals surface area contributed by atoms with Gasteiger partial charge in [0.15, 0.2) is 13.2 Å². The molecule has 2 aromatic rings. The highest BCUT2D eigenvalue weighted by atomic mass is 35.5. The SMILES string of the molecule is O=C(COc1ccc(Cl)cc1)NC12CCC(NC(=O)COc3ccc(Cl)c(F)c3)(CC1)[C@@H](O)C2. The first-order chi connectivity index (χ1) is 16.2. The summed E-state index contributed by atoms with van der Waals surface area (Å²) in [6.07, 6.45) is 1.73. The smallest absolute Gasteiger partial charge is 0.258 e. The van der Waals surface area contributed by atoms with Crippen LogP contribution in [0.25, 0.3) is 0 Å². The molecule has 3 aliphatic rings. The van der Waals surface area contributed by atoms with Crippen molar-refractivity contribution in [1.82, 2.24) is 10.6 Å². The monoisotopic (exact) mass is 510 g/mol. The number of fused-ring (bicyclic) bond motifs is 3. The molecule has 2 aromatic carbocycles. The van der Waals surface area contributed by atoms with Gasteiger partial charge in [0.05, 0.1) is 16.7 Å². The van der Waals surface area contributed by atoms with Gasteiger partial charge in [-0.05, 0) is 68.5 Å². The summed E-state index contributed by atoms with van der Waals surface area (Å²) in [6.45, 7) is -0.469. The lowest BCUT2D eigenvalue weighted by Crippen LogP contribution is -2.70. The zero-order valence-corrected chi connectivity index (χ0v) is 19.8. The molecule has 0 unspecified atom stereocenters. The summed E-state index contributed by atoms with van der Waals surface area (Å²) in [7, 11) is 0. The number of aliphatic hydroxyl groups excluding tert-OH is 1. The molecule has 182 valence electrons. The van der Waals surface area contributed by atoms with Crippen molar-refractivity contribution in [2.45, 2.75) is 49.3 Å². The number of aliphatic hydroxyl groups is 1. The Kier molecular flexibility index (Phi) is 7.21. The van der Waals surface area contributed by atoms with E-state index in [4.69, 9.17) is 32.7 Å². The van der Waals surface area contributed by atoms with Gasteiger partial charge in [-0.1, -0.05) is 23.2 Å². The van der Waals surface area contributed by atoms with E-state index in [1.165, 1.54) is 12.1 Å². The van der Waals surface area contributed by atoms with Gasteiger partial charge in [-0.3, -0.25) is 9.59 Å². The number of benzene rings is 2. The summed E-state index contributed by atoms with van der Waals surface area (Å²) in [6, 6.07) is 10.7. The molecule has 0 aliphatic heterocycles. The predicted octanol–water partition coefficient (Wildman–Crippen LogP) is 3.64. The molecule has 0 heterocycles. The first-order valence-electron chi connectivity index (χ1n) is 11.0. The van der Waals surface area contributed by atoms with Crippen LogP contribution in [-0.4, -0.2) is 47.3 Å². The number of ether oxygens (including phenoxy) is 2. The van der Waals surface area contributed by atoms with E-state index in [0.29, 0.717) is 42.9 Å². The maximum Gasteiger partial charge on any atom is 0.258 e. The van der Waals surface area contributed by atoms with E-state index >= 15 is 0 Å². The molecule has 2 amide bonds. The van der Waals surface area contributed by atoms with Crippen LogP contribution < -0.4 is 20.1 Å². The lowest BCUT2D eigenvalue weighted by atomic mass is 9.60. The van der Waals surface area contributed by atoms with Crippen molar-refractivity contribution in [3.8, 4) is 11.5 Å².